The molecule has 0 radical (unpaired) electrons. The number of halogens is 1. The first-order valence-corrected chi connectivity index (χ1v) is 6.20. The highest BCUT2D eigenvalue weighted by atomic mass is 35.5. The minimum atomic E-state index is -0.294. The standard InChI is InChI=1S/C12H22ClNO/c1-11(2)7-5-6-9(11)10(15)14-12(3,4)8-13/h9H,5-8H2,1-4H3,(H,14,15). The topological polar surface area (TPSA) is 29.1 Å². The van der Waals surface area contributed by atoms with Crippen molar-refractivity contribution in [3.8, 4) is 0 Å². The van der Waals surface area contributed by atoms with Gasteiger partial charge < -0.3 is 5.32 Å². The number of alkyl halides is 1. The molecule has 0 aliphatic heterocycles. The summed E-state index contributed by atoms with van der Waals surface area (Å²) >= 11 is 5.80. The van der Waals surface area contributed by atoms with Gasteiger partial charge in [-0.15, -0.1) is 11.6 Å². The fourth-order valence-electron chi connectivity index (χ4n) is 2.27. The predicted molar refractivity (Wildman–Crippen MR) is 64.1 cm³/mol. The number of carbonyl (C=O) groups is 1. The van der Waals surface area contributed by atoms with Crippen molar-refractivity contribution in [1.82, 2.24) is 5.32 Å². The van der Waals surface area contributed by atoms with Crippen LogP contribution in [0.1, 0.15) is 47.0 Å². The number of hydrogen-bond donors (Lipinski definition) is 1. The fraction of sp³-hybridized carbons (Fsp3) is 0.917. The first-order valence-electron chi connectivity index (χ1n) is 5.66. The molecule has 1 fully saturated rings. The molecule has 0 spiro atoms. The fourth-order valence-corrected chi connectivity index (χ4v) is 2.33. The Labute approximate surface area is 97.8 Å². The summed E-state index contributed by atoms with van der Waals surface area (Å²) in [5, 5.41) is 3.03. The van der Waals surface area contributed by atoms with Crippen LogP contribution < -0.4 is 5.32 Å². The van der Waals surface area contributed by atoms with Crippen LogP contribution in [0.3, 0.4) is 0 Å². The van der Waals surface area contributed by atoms with Crippen LogP contribution in [-0.2, 0) is 4.79 Å². The van der Waals surface area contributed by atoms with E-state index in [9.17, 15) is 4.79 Å². The molecule has 0 heterocycles. The van der Waals surface area contributed by atoms with Crippen LogP contribution in [0.15, 0.2) is 0 Å². The van der Waals surface area contributed by atoms with E-state index in [2.05, 4.69) is 19.2 Å². The van der Waals surface area contributed by atoms with Gasteiger partial charge in [-0.05, 0) is 32.1 Å². The van der Waals surface area contributed by atoms with Gasteiger partial charge in [0, 0.05) is 17.3 Å². The maximum Gasteiger partial charge on any atom is 0.224 e. The summed E-state index contributed by atoms with van der Waals surface area (Å²) in [5.41, 5.74) is -0.149. The summed E-state index contributed by atoms with van der Waals surface area (Å²) in [5.74, 6) is 0.773. The van der Waals surface area contributed by atoms with Crippen LogP contribution in [0.5, 0.6) is 0 Å². The molecule has 0 bridgehead atoms. The molecule has 1 N–H and O–H groups in total. The third-order valence-corrected chi connectivity index (χ3v) is 4.04. The van der Waals surface area contributed by atoms with Crippen LogP contribution in [-0.4, -0.2) is 17.3 Å². The maximum atomic E-state index is 12.1. The zero-order chi connectivity index (χ0) is 11.7. The molecule has 1 amide bonds. The Kier molecular flexibility index (Phi) is 3.70. The van der Waals surface area contributed by atoms with Gasteiger partial charge in [-0.1, -0.05) is 20.3 Å². The van der Waals surface area contributed by atoms with E-state index in [-0.39, 0.29) is 22.8 Å². The van der Waals surface area contributed by atoms with Gasteiger partial charge in [0.05, 0.1) is 0 Å². The summed E-state index contributed by atoms with van der Waals surface area (Å²) < 4.78 is 0. The lowest BCUT2D eigenvalue weighted by Gasteiger charge is -2.30. The van der Waals surface area contributed by atoms with Gasteiger partial charge in [0.2, 0.25) is 5.91 Å². The Morgan fingerprint density at radius 2 is 2.13 bits per heavy atom. The van der Waals surface area contributed by atoms with Crippen molar-refractivity contribution < 1.29 is 4.79 Å². The molecule has 15 heavy (non-hydrogen) atoms. The van der Waals surface area contributed by atoms with Gasteiger partial charge in [0.15, 0.2) is 0 Å². The SMILES string of the molecule is CC(C)(CCl)NC(=O)C1CCCC1(C)C. The minimum Gasteiger partial charge on any atom is -0.350 e. The summed E-state index contributed by atoms with van der Waals surface area (Å²) in [6.07, 6.45) is 3.32. The summed E-state index contributed by atoms with van der Waals surface area (Å²) in [6.45, 7) is 8.27. The van der Waals surface area contributed by atoms with Crippen LogP contribution in [0.25, 0.3) is 0 Å². The molecular formula is C12H22ClNO. The Balaban J connectivity index is 2.62. The molecule has 1 atom stereocenters. The second-order valence-corrected chi connectivity index (χ2v) is 6.21. The van der Waals surface area contributed by atoms with Crippen LogP contribution >= 0.6 is 11.6 Å². The van der Waals surface area contributed by atoms with Crippen molar-refractivity contribution in [2.45, 2.75) is 52.5 Å². The normalized spacial score (nSPS) is 25.3. The molecular weight excluding hydrogens is 210 g/mol. The molecule has 88 valence electrons. The van der Waals surface area contributed by atoms with Crippen molar-refractivity contribution in [1.29, 1.82) is 0 Å². The van der Waals surface area contributed by atoms with Crippen molar-refractivity contribution >= 4 is 17.5 Å². The zero-order valence-electron chi connectivity index (χ0n) is 10.2. The summed E-state index contributed by atoms with van der Waals surface area (Å²) in [4.78, 5) is 12.1. The molecule has 0 aromatic rings. The second-order valence-electron chi connectivity index (χ2n) is 5.94. The van der Waals surface area contributed by atoms with Crippen molar-refractivity contribution in [3.05, 3.63) is 0 Å². The average Bonchev–Trinajstić information content (AvgIpc) is 2.44. The molecule has 1 aliphatic rings. The molecule has 2 nitrogen and oxygen atoms in total. The highest BCUT2D eigenvalue weighted by Crippen LogP contribution is 2.42. The Hall–Kier alpha value is -0.240. The molecule has 1 aliphatic carbocycles. The third-order valence-electron chi connectivity index (χ3n) is 3.37. The Bertz CT molecular complexity index is 248. The zero-order valence-corrected chi connectivity index (χ0v) is 10.9. The molecule has 0 aromatic heterocycles. The summed E-state index contributed by atoms with van der Waals surface area (Å²) in [7, 11) is 0. The summed E-state index contributed by atoms with van der Waals surface area (Å²) in [6, 6.07) is 0. The maximum absolute atomic E-state index is 12.1. The molecule has 1 rings (SSSR count). The van der Waals surface area contributed by atoms with E-state index in [0.29, 0.717) is 5.88 Å². The highest BCUT2D eigenvalue weighted by molar-refractivity contribution is 6.18. The van der Waals surface area contributed by atoms with Gasteiger partial charge >= 0.3 is 0 Å². The largest absolute Gasteiger partial charge is 0.350 e. The smallest absolute Gasteiger partial charge is 0.224 e. The monoisotopic (exact) mass is 231 g/mol. The minimum absolute atomic E-state index is 0.145. The van der Waals surface area contributed by atoms with Gasteiger partial charge in [0.1, 0.15) is 0 Å². The van der Waals surface area contributed by atoms with Crippen molar-refractivity contribution in [2.24, 2.45) is 11.3 Å². The van der Waals surface area contributed by atoms with Gasteiger partial charge in [-0.2, -0.15) is 0 Å². The van der Waals surface area contributed by atoms with E-state index in [1.54, 1.807) is 0 Å². The van der Waals surface area contributed by atoms with E-state index in [4.69, 9.17) is 11.6 Å². The first kappa shape index (κ1) is 12.8. The lowest BCUT2D eigenvalue weighted by atomic mass is 9.81. The van der Waals surface area contributed by atoms with Crippen molar-refractivity contribution in [3.63, 3.8) is 0 Å². The first-order chi connectivity index (χ1) is 6.78. The Morgan fingerprint density at radius 1 is 1.53 bits per heavy atom. The number of amides is 1. The van der Waals surface area contributed by atoms with Gasteiger partial charge in [-0.25, -0.2) is 0 Å². The van der Waals surface area contributed by atoms with E-state index >= 15 is 0 Å². The van der Waals surface area contributed by atoms with Gasteiger partial charge in [0.25, 0.3) is 0 Å². The highest BCUT2D eigenvalue weighted by Gasteiger charge is 2.40. The lowest BCUT2D eigenvalue weighted by molar-refractivity contribution is -0.129. The molecule has 3 heteroatoms. The molecule has 0 aromatic carbocycles. The molecule has 1 saturated carbocycles. The van der Waals surface area contributed by atoms with Gasteiger partial charge in [-0.3, -0.25) is 4.79 Å². The van der Waals surface area contributed by atoms with Crippen LogP contribution in [0, 0.1) is 11.3 Å². The number of hydrogen-bond acceptors (Lipinski definition) is 1. The Morgan fingerprint density at radius 3 is 2.53 bits per heavy atom. The van der Waals surface area contributed by atoms with Crippen LogP contribution in [0.2, 0.25) is 0 Å². The lowest BCUT2D eigenvalue weighted by Crippen LogP contribution is -2.49. The van der Waals surface area contributed by atoms with E-state index in [1.165, 1.54) is 0 Å². The second kappa shape index (κ2) is 4.32. The van der Waals surface area contributed by atoms with E-state index in [1.807, 2.05) is 13.8 Å². The predicted octanol–water partition coefficient (Wildman–Crippen LogP) is 2.95. The van der Waals surface area contributed by atoms with Crippen LogP contribution in [0.4, 0.5) is 0 Å². The average molecular weight is 232 g/mol. The number of carbonyl (C=O) groups excluding carboxylic acids is 1. The van der Waals surface area contributed by atoms with E-state index < -0.39 is 0 Å². The number of nitrogens with one attached hydrogen (secondary N) is 1. The van der Waals surface area contributed by atoms with E-state index in [0.717, 1.165) is 19.3 Å². The van der Waals surface area contributed by atoms with Crippen molar-refractivity contribution in [2.75, 3.05) is 5.88 Å². The molecule has 0 saturated heterocycles. The third kappa shape index (κ3) is 3.10. The quantitative estimate of drug-likeness (QED) is 0.744. The number of rotatable bonds is 3. The molecule has 1 unspecified atom stereocenters.